The van der Waals surface area contributed by atoms with Gasteiger partial charge in [0, 0.05) is 18.7 Å². The molecule has 0 aromatic heterocycles. The minimum absolute atomic E-state index is 0.00301. The Morgan fingerprint density at radius 1 is 0.971 bits per heavy atom. The lowest BCUT2D eigenvalue weighted by atomic mass is 10.1. The van der Waals surface area contributed by atoms with Crippen LogP contribution in [-0.4, -0.2) is 46.0 Å². The largest absolute Gasteiger partial charge is 0.477 e. The van der Waals surface area contributed by atoms with Crippen LogP contribution in [0.5, 0.6) is 5.75 Å². The number of nitrogens with one attached hydrogen (secondary N) is 1. The SMILES string of the molecule is CNC(=O)[C@@H]1CN(C(=O)c2cccc(S(=O)(=O)N3c4ccccc4C[C@@H]3C)c2)c2ccccc2O1. The second kappa shape index (κ2) is 8.74. The fraction of sp³-hybridized carbons (Fsp3) is 0.231. The van der Waals surface area contributed by atoms with Crippen molar-refractivity contribution in [3.63, 3.8) is 0 Å². The molecule has 0 aliphatic carbocycles. The Hall–Kier alpha value is -3.85. The smallest absolute Gasteiger partial charge is 0.264 e. The summed E-state index contributed by atoms with van der Waals surface area (Å²) in [5, 5.41) is 2.55. The van der Waals surface area contributed by atoms with E-state index in [-0.39, 0.29) is 29.0 Å². The molecule has 9 heteroatoms. The molecular weight excluding hydrogens is 466 g/mol. The molecule has 2 atom stereocenters. The predicted molar refractivity (Wildman–Crippen MR) is 132 cm³/mol. The van der Waals surface area contributed by atoms with E-state index >= 15 is 0 Å². The van der Waals surface area contributed by atoms with Crippen molar-refractivity contribution < 1.29 is 22.7 Å². The number of hydrogen-bond donors (Lipinski definition) is 1. The molecule has 1 N–H and O–H groups in total. The molecule has 5 rings (SSSR count). The van der Waals surface area contributed by atoms with Crippen molar-refractivity contribution in [2.75, 3.05) is 22.8 Å². The minimum Gasteiger partial charge on any atom is -0.477 e. The van der Waals surface area contributed by atoms with Gasteiger partial charge in [-0.05, 0) is 55.3 Å². The van der Waals surface area contributed by atoms with E-state index < -0.39 is 22.0 Å². The standard InChI is InChI=1S/C26H25N3O5S/c1-17-14-18-8-3-4-11-21(18)29(17)35(32,33)20-10-7-9-19(15-20)26(31)28-16-24(25(30)27-2)34-23-13-6-5-12-22(23)28/h3-13,15,17,24H,14,16H2,1-2H3,(H,27,30)/t17-,24-/m0/s1. The molecular formula is C26H25N3O5S. The number of amides is 2. The summed E-state index contributed by atoms with van der Waals surface area (Å²) < 4.78 is 34.5. The maximum absolute atomic E-state index is 13.7. The van der Waals surface area contributed by atoms with Crippen molar-refractivity contribution in [2.24, 2.45) is 0 Å². The Balaban J connectivity index is 1.51. The van der Waals surface area contributed by atoms with Gasteiger partial charge in [0.1, 0.15) is 5.75 Å². The van der Waals surface area contributed by atoms with Gasteiger partial charge in [-0.1, -0.05) is 36.4 Å². The molecule has 3 aromatic rings. The zero-order valence-electron chi connectivity index (χ0n) is 19.3. The first-order valence-electron chi connectivity index (χ1n) is 11.3. The second-order valence-electron chi connectivity index (χ2n) is 8.61. The van der Waals surface area contributed by atoms with Crippen LogP contribution in [0.25, 0.3) is 0 Å². The Kier molecular flexibility index (Phi) is 5.72. The van der Waals surface area contributed by atoms with Gasteiger partial charge in [-0.3, -0.25) is 13.9 Å². The highest BCUT2D eigenvalue weighted by atomic mass is 32.2. The average molecular weight is 492 g/mol. The van der Waals surface area contributed by atoms with Crippen molar-refractivity contribution in [2.45, 2.75) is 30.4 Å². The van der Waals surface area contributed by atoms with Gasteiger partial charge >= 0.3 is 0 Å². The van der Waals surface area contributed by atoms with Crippen molar-refractivity contribution in [1.29, 1.82) is 0 Å². The fourth-order valence-corrected chi connectivity index (χ4v) is 6.43. The summed E-state index contributed by atoms with van der Waals surface area (Å²) >= 11 is 0. The number of carbonyl (C=O) groups is 2. The van der Waals surface area contributed by atoms with Gasteiger partial charge in [0.2, 0.25) is 0 Å². The third kappa shape index (κ3) is 3.91. The quantitative estimate of drug-likeness (QED) is 0.605. The predicted octanol–water partition coefficient (Wildman–Crippen LogP) is 2.98. The molecule has 3 aromatic carbocycles. The Morgan fingerprint density at radius 3 is 2.46 bits per heavy atom. The highest BCUT2D eigenvalue weighted by Gasteiger charge is 2.37. The Morgan fingerprint density at radius 2 is 1.69 bits per heavy atom. The molecule has 0 radical (unpaired) electrons. The Bertz CT molecular complexity index is 1420. The first-order chi connectivity index (χ1) is 16.8. The summed E-state index contributed by atoms with van der Waals surface area (Å²) in [6, 6.07) is 20.2. The summed E-state index contributed by atoms with van der Waals surface area (Å²) in [5.74, 6) is -0.358. The lowest BCUT2D eigenvalue weighted by Crippen LogP contribution is -2.50. The highest BCUT2D eigenvalue weighted by molar-refractivity contribution is 7.92. The van der Waals surface area contributed by atoms with E-state index in [0.717, 1.165) is 5.56 Å². The summed E-state index contributed by atoms with van der Waals surface area (Å²) in [6.45, 7) is 1.87. The van der Waals surface area contributed by atoms with Crippen molar-refractivity contribution in [3.8, 4) is 5.75 Å². The van der Waals surface area contributed by atoms with Crippen LogP contribution in [0.4, 0.5) is 11.4 Å². The number of carbonyl (C=O) groups excluding carboxylic acids is 2. The molecule has 2 aliphatic heterocycles. The van der Waals surface area contributed by atoms with Gasteiger partial charge in [0.25, 0.3) is 21.8 Å². The summed E-state index contributed by atoms with van der Waals surface area (Å²) in [6.07, 6.45) is -0.257. The van der Waals surface area contributed by atoms with Gasteiger partial charge in [-0.2, -0.15) is 0 Å². The average Bonchev–Trinajstić information content (AvgIpc) is 3.23. The lowest BCUT2D eigenvalue weighted by Gasteiger charge is -2.34. The number of ether oxygens (including phenoxy) is 1. The second-order valence-corrected chi connectivity index (χ2v) is 10.4. The third-order valence-electron chi connectivity index (χ3n) is 6.34. The molecule has 0 saturated heterocycles. The summed E-state index contributed by atoms with van der Waals surface area (Å²) in [5.41, 5.74) is 2.36. The monoisotopic (exact) mass is 491 g/mol. The summed E-state index contributed by atoms with van der Waals surface area (Å²) in [4.78, 5) is 27.4. The molecule has 35 heavy (non-hydrogen) atoms. The van der Waals surface area contributed by atoms with E-state index in [2.05, 4.69) is 5.32 Å². The lowest BCUT2D eigenvalue weighted by molar-refractivity contribution is -0.127. The molecule has 0 fully saturated rings. The summed E-state index contributed by atoms with van der Waals surface area (Å²) in [7, 11) is -2.40. The van der Waals surface area contributed by atoms with Gasteiger partial charge < -0.3 is 15.0 Å². The van der Waals surface area contributed by atoms with Crippen LogP contribution in [0.2, 0.25) is 0 Å². The maximum Gasteiger partial charge on any atom is 0.264 e. The van der Waals surface area contributed by atoms with Gasteiger partial charge in [0.15, 0.2) is 6.10 Å². The normalized spacial score (nSPS) is 18.9. The molecule has 2 amide bonds. The number of sulfonamides is 1. The number of para-hydroxylation sites is 3. The van der Waals surface area contributed by atoms with Gasteiger partial charge in [-0.15, -0.1) is 0 Å². The zero-order chi connectivity index (χ0) is 24.7. The van der Waals surface area contributed by atoms with Gasteiger partial charge in [0.05, 0.1) is 22.8 Å². The van der Waals surface area contributed by atoms with Crippen LogP contribution in [0.1, 0.15) is 22.8 Å². The van der Waals surface area contributed by atoms with Crippen LogP contribution in [0.3, 0.4) is 0 Å². The topological polar surface area (TPSA) is 96.0 Å². The van der Waals surface area contributed by atoms with Gasteiger partial charge in [-0.25, -0.2) is 8.42 Å². The van der Waals surface area contributed by atoms with Crippen molar-refractivity contribution in [3.05, 3.63) is 83.9 Å². The number of likely N-dealkylation sites (N-methyl/N-ethyl adjacent to an activating group) is 1. The molecule has 8 nitrogen and oxygen atoms in total. The Labute approximate surface area is 204 Å². The number of rotatable bonds is 4. The number of nitrogens with zero attached hydrogens (tertiary/aromatic N) is 2. The van der Waals surface area contributed by atoms with Crippen LogP contribution >= 0.6 is 0 Å². The molecule has 180 valence electrons. The van der Waals surface area contributed by atoms with Crippen molar-refractivity contribution in [1.82, 2.24) is 5.32 Å². The number of anilines is 2. The van der Waals surface area contributed by atoms with E-state index in [1.165, 1.54) is 28.4 Å². The third-order valence-corrected chi connectivity index (χ3v) is 8.26. The van der Waals surface area contributed by atoms with E-state index in [0.29, 0.717) is 23.5 Å². The van der Waals surface area contributed by atoms with Crippen molar-refractivity contribution >= 4 is 33.2 Å². The number of benzene rings is 3. The zero-order valence-corrected chi connectivity index (χ0v) is 20.2. The first kappa shape index (κ1) is 22.9. The first-order valence-corrected chi connectivity index (χ1v) is 12.8. The molecule has 2 aliphatic rings. The maximum atomic E-state index is 13.7. The molecule has 0 bridgehead atoms. The van der Waals surface area contributed by atoms with Crippen LogP contribution < -0.4 is 19.3 Å². The molecule has 0 saturated carbocycles. The molecule has 0 unspecified atom stereocenters. The molecule has 0 spiro atoms. The van der Waals surface area contributed by atoms with E-state index in [9.17, 15) is 18.0 Å². The number of hydrogen-bond acceptors (Lipinski definition) is 5. The van der Waals surface area contributed by atoms with E-state index in [1.807, 2.05) is 25.1 Å². The minimum atomic E-state index is -3.90. The van der Waals surface area contributed by atoms with Crippen LogP contribution in [-0.2, 0) is 21.2 Å². The molecule has 2 heterocycles. The number of fused-ring (bicyclic) bond motifs is 2. The van der Waals surface area contributed by atoms with E-state index in [1.54, 1.807) is 42.5 Å². The highest BCUT2D eigenvalue weighted by Crippen LogP contribution is 2.37. The van der Waals surface area contributed by atoms with Crippen LogP contribution in [0, 0.1) is 0 Å². The van der Waals surface area contributed by atoms with Crippen LogP contribution in [0.15, 0.2) is 77.7 Å². The fourth-order valence-electron chi connectivity index (χ4n) is 4.69. The van der Waals surface area contributed by atoms with E-state index in [4.69, 9.17) is 4.74 Å².